The van der Waals surface area contributed by atoms with Gasteiger partial charge in [-0.1, -0.05) is 127 Å². The highest BCUT2D eigenvalue weighted by atomic mass is 16.6. The molecule has 0 aromatic heterocycles. The maximum atomic E-state index is 15.1. The number of carbonyl (C=O) groups excluding carboxylic acids is 2. The zero-order valence-electron chi connectivity index (χ0n) is 32.1. The fourth-order valence-electron chi connectivity index (χ4n) is 10.7. The molecule has 0 spiro atoms. The Morgan fingerprint density at radius 2 is 1.38 bits per heavy atom. The molecule has 3 aromatic rings. The highest BCUT2D eigenvalue weighted by molar-refractivity contribution is 6.02. The summed E-state index contributed by atoms with van der Waals surface area (Å²) in [7, 11) is 0. The van der Waals surface area contributed by atoms with Gasteiger partial charge in [-0.25, -0.2) is 4.79 Å². The summed E-state index contributed by atoms with van der Waals surface area (Å²) in [6.07, 6.45) is -5.25. The number of hydrogen-bond donors (Lipinski definition) is 3. The molecule has 3 N–H and O–H groups in total. The van der Waals surface area contributed by atoms with E-state index in [2.05, 4.69) is 20.8 Å². The van der Waals surface area contributed by atoms with Crippen molar-refractivity contribution in [2.75, 3.05) is 6.61 Å². The van der Waals surface area contributed by atoms with Gasteiger partial charge >= 0.3 is 5.97 Å². The minimum atomic E-state index is -1.93. The molecule has 8 nitrogen and oxygen atoms in total. The first kappa shape index (κ1) is 37.6. The van der Waals surface area contributed by atoms with Crippen molar-refractivity contribution in [2.45, 2.75) is 110 Å². The topological polar surface area (TPSA) is 123 Å². The van der Waals surface area contributed by atoms with Crippen LogP contribution in [0.1, 0.15) is 89.7 Å². The molecular formula is C45H54O8. The normalized spacial score (nSPS) is 35.3. The number of Topliss-reactive ketones (excluding diaryl/α,β-unsaturated/α-hetero) is 1. The van der Waals surface area contributed by atoms with Crippen LogP contribution in [0.15, 0.2) is 102 Å². The summed E-state index contributed by atoms with van der Waals surface area (Å²) in [6.45, 7) is 15.7. The summed E-state index contributed by atoms with van der Waals surface area (Å²) in [5.41, 5.74) is -4.48. The van der Waals surface area contributed by atoms with Crippen molar-refractivity contribution in [3.63, 3.8) is 0 Å². The van der Waals surface area contributed by atoms with E-state index in [1.807, 2.05) is 74.5 Å². The van der Waals surface area contributed by atoms with Crippen molar-refractivity contribution >= 4 is 11.8 Å². The van der Waals surface area contributed by atoms with Crippen LogP contribution in [0, 0.1) is 27.6 Å². The van der Waals surface area contributed by atoms with Gasteiger partial charge in [-0.2, -0.15) is 0 Å². The summed E-state index contributed by atoms with van der Waals surface area (Å²) in [6, 6.07) is 28.6. The molecule has 2 bridgehead atoms. The van der Waals surface area contributed by atoms with Crippen LogP contribution in [0.4, 0.5) is 0 Å². The Labute approximate surface area is 313 Å². The summed E-state index contributed by atoms with van der Waals surface area (Å²) >= 11 is 0. The number of esters is 1. The fourth-order valence-corrected chi connectivity index (χ4v) is 10.7. The molecule has 53 heavy (non-hydrogen) atoms. The summed E-state index contributed by atoms with van der Waals surface area (Å²) in [5.74, 6) is -2.08. The molecule has 9 atom stereocenters. The van der Waals surface area contributed by atoms with Crippen LogP contribution in [0.25, 0.3) is 0 Å². The maximum absolute atomic E-state index is 15.1. The van der Waals surface area contributed by atoms with Crippen LogP contribution in [0.2, 0.25) is 0 Å². The first-order valence-electron chi connectivity index (χ1n) is 18.9. The van der Waals surface area contributed by atoms with E-state index >= 15 is 4.79 Å². The third-order valence-corrected chi connectivity index (χ3v) is 13.8. The number of rotatable bonds is 6. The van der Waals surface area contributed by atoms with Crippen molar-refractivity contribution in [2.24, 2.45) is 27.6 Å². The van der Waals surface area contributed by atoms with E-state index in [0.717, 1.165) is 11.1 Å². The Morgan fingerprint density at radius 3 is 1.87 bits per heavy atom. The van der Waals surface area contributed by atoms with E-state index in [0.29, 0.717) is 17.6 Å². The lowest BCUT2D eigenvalue weighted by Crippen LogP contribution is -2.78. The van der Waals surface area contributed by atoms with Gasteiger partial charge in [-0.05, 0) is 41.2 Å². The van der Waals surface area contributed by atoms with Crippen molar-refractivity contribution in [3.8, 4) is 0 Å². The number of carbonyl (C=O) groups is 2. The third-order valence-electron chi connectivity index (χ3n) is 13.8. The second kappa shape index (κ2) is 12.7. The SMILES string of the molecule is CC1=C2C(=O)[C@H](O)[C@]3(C)[C@@H](OC(c4ccccc4)(c4ccccc4)C(C)(C)C)C[C@H]4OC[C@@]4(C)[C@H]3[C@H](OC(=O)c3ccccc3)[C@](O)(C[C@@H]1O)C2(C)C. The lowest BCUT2D eigenvalue weighted by Gasteiger charge is -2.69. The van der Waals surface area contributed by atoms with Gasteiger partial charge in [-0.3, -0.25) is 4.79 Å². The highest BCUT2D eigenvalue weighted by Crippen LogP contribution is 2.67. The van der Waals surface area contributed by atoms with Gasteiger partial charge in [-0.15, -0.1) is 0 Å². The van der Waals surface area contributed by atoms with Gasteiger partial charge in [0.2, 0.25) is 0 Å². The van der Waals surface area contributed by atoms with Crippen LogP contribution in [0.5, 0.6) is 0 Å². The molecule has 1 aliphatic heterocycles. The molecule has 4 aliphatic rings. The number of aliphatic hydroxyl groups excluding tert-OH is 2. The van der Waals surface area contributed by atoms with Crippen molar-refractivity contribution < 1.29 is 39.1 Å². The summed E-state index contributed by atoms with van der Waals surface area (Å²) < 4.78 is 20.7. The highest BCUT2D eigenvalue weighted by Gasteiger charge is 2.76. The first-order valence-corrected chi connectivity index (χ1v) is 18.9. The van der Waals surface area contributed by atoms with Crippen LogP contribution >= 0.6 is 0 Å². The monoisotopic (exact) mass is 722 g/mol. The maximum Gasteiger partial charge on any atom is 0.338 e. The zero-order chi connectivity index (χ0) is 38.4. The van der Waals surface area contributed by atoms with E-state index in [-0.39, 0.29) is 18.6 Å². The van der Waals surface area contributed by atoms with Crippen molar-refractivity contribution in [3.05, 3.63) is 119 Å². The molecule has 2 saturated carbocycles. The van der Waals surface area contributed by atoms with Crippen LogP contribution < -0.4 is 0 Å². The van der Waals surface area contributed by atoms with Gasteiger partial charge in [0.15, 0.2) is 5.78 Å². The number of aliphatic hydroxyl groups is 3. The Balaban J connectivity index is 1.51. The molecule has 282 valence electrons. The number of benzene rings is 3. The van der Waals surface area contributed by atoms with Gasteiger partial charge in [0.25, 0.3) is 0 Å². The number of ketones is 1. The number of hydrogen-bond acceptors (Lipinski definition) is 8. The standard InChI is InChI=1S/C45H54O8/c1-27-31(46)25-44(50)38(52-39(49)28-18-12-9-13-19-28)36-42(7)26-51-32(42)24-33(43(36,8)37(48)35(47)34(27)41(44,5)6)53-45(40(2,3)4,29-20-14-10-15-21-29)30-22-16-11-17-23-30/h9-23,31-33,36-38,46,48,50H,24-26H2,1-8H3/t31-,32+,33-,36+,37-,38-,42+,43+,44+/m0/s1. The second-order valence-electron chi connectivity index (χ2n) is 17.9. The van der Waals surface area contributed by atoms with Crippen LogP contribution in [-0.2, 0) is 24.6 Å². The Bertz CT molecular complexity index is 1860. The van der Waals surface area contributed by atoms with Gasteiger partial charge < -0.3 is 29.5 Å². The van der Waals surface area contributed by atoms with Gasteiger partial charge in [0, 0.05) is 40.6 Å². The predicted octanol–water partition coefficient (Wildman–Crippen LogP) is 6.80. The molecule has 7 rings (SSSR count). The molecule has 3 fully saturated rings. The predicted molar refractivity (Wildman–Crippen MR) is 201 cm³/mol. The molecule has 0 amide bonds. The van der Waals surface area contributed by atoms with Gasteiger partial charge in [0.1, 0.15) is 23.4 Å². The molecule has 0 radical (unpaired) electrons. The van der Waals surface area contributed by atoms with E-state index in [1.54, 1.807) is 51.1 Å². The van der Waals surface area contributed by atoms with Crippen LogP contribution in [0.3, 0.4) is 0 Å². The molecule has 3 aromatic carbocycles. The quantitative estimate of drug-likeness (QED) is 0.238. The number of ether oxygens (including phenoxy) is 3. The lowest BCUT2D eigenvalue weighted by atomic mass is 9.42. The summed E-state index contributed by atoms with van der Waals surface area (Å²) in [4.78, 5) is 29.3. The molecule has 0 unspecified atom stereocenters. The van der Waals surface area contributed by atoms with Crippen molar-refractivity contribution in [1.29, 1.82) is 0 Å². The average molecular weight is 723 g/mol. The molecule has 1 heterocycles. The largest absolute Gasteiger partial charge is 0.455 e. The van der Waals surface area contributed by atoms with Crippen molar-refractivity contribution in [1.82, 2.24) is 0 Å². The first-order chi connectivity index (χ1) is 24.9. The Kier molecular flexibility index (Phi) is 9.02. The molecule has 8 heteroatoms. The summed E-state index contributed by atoms with van der Waals surface area (Å²) in [5, 5.41) is 37.7. The van der Waals surface area contributed by atoms with E-state index in [1.165, 1.54) is 0 Å². The molecule has 1 saturated heterocycles. The Morgan fingerprint density at radius 1 is 0.849 bits per heavy atom. The van der Waals surface area contributed by atoms with E-state index < -0.39 is 81.1 Å². The smallest absolute Gasteiger partial charge is 0.338 e. The zero-order valence-corrected chi connectivity index (χ0v) is 32.1. The van der Waals surface area contributed by atoms with Crippen LogP contribution in [-0.4, -0.2) is 69.8 Å². The second-order valence-corrected chi connectivity index (χ2v) is 17.9. The average Bonchev–Trinajstić information content (AvgIpc) is 3.12. The minimum absolute atomic E-state index is 0.149. The van der Waals surface area contributed by atoms with E-state index in [4.69, 9.17) is 14.2 Å². The lowest BCUT2D eigenvalue weighted by molar-refractivity contribution is -0.344. The minimum Gasteiger partial charge on any atom is -0.455 e. The third kappa shape index (κ3) is 5.27. The van der Waals surface area contributed by atoms with Gasteiger partial charge in [0.05, 0.1) is 30.5 Å². The molecule has 3 aliphatic carbocycles. The fraction of sp³-hybridized carbons (Fsp3) is 0.511. The molecular weight excluding hydrogens is 668 g/mol. The van der Waals surface area contributed by atoms with E-state index in [9.17, 15) is 20.1 Å². The number of fused-ring (bicyclic) bond motifs is 5. The Hall–Kier alpha value is -3.66.